The summed E-state index contributed by atoms with van der Waals surface area (Å²) in [5, 5.41) is 22.1. The molecule has 2 aromatic rings. The highest BCUT2D eigenvalue weighted by Crippen LogP contribution is 2.26. The van der Waals surface area contributed by atoms with Crippen molar-refractivity contribution >= 4 is 39.7 Å². The Labute approximate surface area is 205 Å². The number of rotatable bonds is 5. The number of fused-ring (bicyclic) bond motifs is 1. The third kappa shape index (κ3) is 5.44. The van der Waals surface area contributed by atoms with Gasteiger partial charge in [0.05, 0.1) is 4.47 Å². The summed E-state index contributed by atoms with van der Waals surface area (Å²) >= 11 is 3.20. The van der Waals surface area contributed by atoms with Gasteiger partial charge < -0.3 is 30.1 Å². The number of nitrogens with one attached hydrogen (secondary N) is 1. The Hall–Kier alpha value is -3.27. The van der Waals surface area contributed by atoms with Gasteiger partial charge in [0.1, 0.15) is 5.75 Å². The first kappa shape index (κ1) is 23.9. The second kappa shape index (κ2) is 10.3. The molecule has 9 nitrogen and oxygen atoms in total. The van der Waals surface area contributed by atoms with Crippen molar-refractivity contribution in [2.75, 3.05) is 25.0 Å². The van der Waals surface area contributed by atoms with Gasteiger partial charge in [-0.15, -0.1) is 0 Å². The van der Waals surface area contributed by atoms with E-state index in [2.05, 4.69) is 21.2 Å². The normalized spacial score (nSPS) is 17.4. The van der Waals surface area contributed by atoms with E-state index in [-0.39, 0.29) is 24.2 Å². The average molecular weight is 532 g/mol. The van der Waals surface area contributed by atoms with Gasteiger partial charge in [0.15, 0.2) is 0 Å². The number of amides is 3. The summed E-state index contributed by atoms with van der Waals surface area (Å²) in [5.41, 5.74) is 2.54. The summed E-state index contributed by atoms with van der Waals surface area (Å²) in [6.07, 6.45) is -0.133. The number of piperidine rings is 1. The van der Waals surface area contributed by atoms with E-state index in [1.54, 1.807) is 12.1 Å². The van der Waals surface area contributed by atoms with Gasteiger partial charge in [0, 0.05) is 37.8 Å². The van der Waals surface area contributed by atoms with Crippen LogP contribution in [0.15, 0.2) is 46.9 Å². The average Bonchev–Trinajstić information content (AvgIpc) is 2.99. The van der Waals surface area contributed by atoms with Gasteiger partial charge in [-0.2, -0.15) is 0 Å². The molecule has 0 bridgehead atoms. The van der Waals surface area contributed by atoms with Gasteiger partial charge in [-0.05, 0) is 64.5 Å². The SMILES string of the molecule is O=C(O)[C@@H](Cc1ccc(O)c(Br)c1)OC(=O)N1CCC(N2CCc3ccccc3NC2=O)CC1. The van der Waals surface area contributed by atoms with Gasteiger partial charge >= 0.3 is 18.1 Å². The number of anilines is 1. The maximum atomic E-state index is 12.8. The third-order valence-electron chi connectivity index (χ3n) is 6.26. The predicted octanol–water partition coefficient (Wildman–Crippen LogP) is 3.84. The number of hydrogen-bond donors (Lipinski definition) is 3. The number of urea groups is 1. The molecular formula is C24H26BrN3O6. The van der Waals surface area contributed by atoms with Gasteiger partial charge in [-0.1, -0.05) is 24.3 Å². The molecule has 1 saturated heterocycles. The van der Waals surface area contributed by atoms with E-state index in [1.807, 2.05) is 29.2 Å². The monoisotopic (exact) mass is 531 g/mol. The first-order valence-electron chi connectivity index (χ1n) is 11.1. The highest BCUT2D eigenvalue weighted by molar-refractivity contribution is 9.10. The molecule has 0 saturated carbocycles. The smallest absolute Gasteiger partial charge is 0.410 e. The molecule has 1 atom stereocenters. The van der Waals surface area contributed by atoms with Crippen molar-refractivity contribution in [1.29, 1.82) is 0 Å². The number of nitrogens with zero attached hydrogens (tertiary/aromatic N) is 2. The number of carboxylic acids is 1. The van der Waals surface area contributed by atoms with Crippen molar-refractivity contribution in [3.8, 4) is 5.75 Å². The van der Waals surface area contributed by atoms with Crippen LogP contribution in [-0.4, -0.2) is 69.9 Å². The van der Waals surface area contributed by atoms with Crippen molar-refractivity contribution in [2.45, 2.75) is 37.8 Å². The molecule has 10 heteroatoms. The minimum atomic E-state index is -1.35. The number of ether oxygens (including phenoxy) is 1. The lowest BCUT2D eigenvalue weighted by molar-refractivity contribution is -0.147. The van der Waals surface area contributed by atoms with Gasteiger partial charge in [0.25, 0.3) is 0 Å². The van der Waals surface area contributed by atoms with Crippen molar-refractivity contribution in [3.05, 3.63) is 58.1 Å². The molecule has 0 radical (unpaired) electrons. The molecule has 1 fully saturated rings. The molecule has 3 N–H and O–H groups in total. The highest BCUT2D eigenvalue weighted by Gasteiger charge is 2.33. The van der Waals surface area contributed by atoms with Crippen molar-refractivity contribution < 1.29 is 29.3 Å². The quantitative estimate of drug-likeness (QED) is 0.539. The number of likely N-dealkylation sites (tertiary alicyclic amines) is 1. The molecule has 3 amide bonds. The molecule has 34 heavy (non-hydrogen) atoms. The molecular weight excluding hydrogens is 506 g/mol. The number of phenols is 1. The molecule has 180 valence electrons. The summed E-state index contributed by atoms with van der Waals surface area (Å²) in [6, 6.07) is 12.2. The Bertz CT molecular complexity index is 1090. The minimum absolute atomic E-state index is 0.0111. The topological polar surface area (TPSA) is 119 Å². The Balaban J connectivity index is 1.32. The number of benzene rings is 2. The zero-order chi connectivity index (χ0) is 24.2. The van der Waals surface area contributed by atoms with Gasteiger partial charge in [0.2, 0.25) is 6.10 Å². The second-order valence-electron chi connectivity index (χ2n) is 8.45. The fraction of sp³-hybridized carbons (Fsp3) is 0.375. The summed E-state index contributed by atoms with van der Waals surface area (Å²) in [6.45, 7) is 1.34. The first-order valence-corrected chi connectivity index (χ1v) is 11.9. The van der Waals surface area contributed by atoms with Crippen LogP contribution in [0.4, 0.5) is 15.3 Å². The lowest BCUT2D eigenvalue weighted by Crippen LogP contribution is -2.50. The van der Waals surface area contributed by atoms with E-state index in [0.717, 1.165) is 17.7 Å². The number of para-hydroxylation sites is 1. The molecule has 2 aliphatic rings. The Kier molecular flexibility index (Phi) is 7.26. The standard InChI is InChI=1S/C24H26BrN3O6/c25-18-13-15(5-6-20(18)29)14-21(22(30)31)34-24(33)27-10-8-17(9-11-27)28-12-7-16-3-1-2-4-19(16)26-23(28)32/h1-6,13,17,21,29H,7-12,14H2,(H,26,32)(H,30,31)/t21-/m1/s1. The van der Waals surface area contributed by atoms with Crippen LogP contribution in [0.3, 0.4) is 0 Å². The molecule has 2 aromatic carbocycles. The number of phenolic OH excluding ortho intramolecular Hbond substituents is 1. The number of halogens is 1. The molecule has 0 unspecified atom stereocenters. The van der Waals surface area contributed by atoms with Crippen molar-refractivity contribution in [1.82, 2.24) is 9.80 Å². The van der Waals surface area contributed by atoms with Crippen LogP contribution in [0.25, 0.3) is 0 Å². The number of carbonyl (C=O) groups is 3. The number of aromatic hydroxyl groups is 1. The minimum Gasteiger partial charge on any atom is -0.507 e. The van der Waals surface area contributed by atoms with Crippen molar-refractivity contribution in [2.24, 2.45) is 0 Å². The van der Waals surface area contributed by atoms with E-state index in [9.17, 15) is 24.6 Å². The van der Waals surface area contributed by atoms with Crippen LogP contribution in [0.1, 0.15) is 24.0 Å². The zero-order valence-electron chi connectivity index (χ0n) is 18.4. The van der Waals surface area contributed by atoms with E-state index in [1.165, 1.54) is 11.0 Å². The Morgan fingerprint density at radius 2 is 1.88 bits per heavy atom. The van der Waals surface area contributed by atoms with E-state index in [4.69, 9.17) is 4.74 Å². The van der Waals surface area contributed by atoms with Crippen molar-refractivity contribution in [3.63, 3.8) is 0 Å². The molecule has 2 aliphatic heterocycles. The number of aliphatic carboxylic acids is 1. The van der Waals surface area contributed by atoms with E-state index >= 15 is 0 Å². The van der Waals surface area contributed by atoms with E-state index in [0.29, 0.717) is 42.5 Å². The fourth-order valence-electron chi connectivity index (χ4n) is 4.37. The molecule has 0 aromatic heterocycles. The number of carbonyl (C=O) groups excluding carboxylic acids is 2. The summed E-state index contributed by atoms with van der Waals surface area (Å²) < 4.78 is 5.74. The predicted molar refractivity (Wildman–Crippen MR) is 128 cm³/mol. The van der Waals surface area contributed by atoms with Crippen LogP contribution < -0.4 is 5.32 Å². The largest absolute Gasteiger partial charge is 0.507 e. The Morgan fingerprint density at radius 1 is 1.15 bits per heavy atom. The Morgan fingerprint density at radius 3 is 2.59 bits per heavy atom. The van der Waals surface area contributed by atoms with Crippen LogP contribution in [-0.2, 0) is 22.4 Å². The van der Waals surface area contributed by atoms with Gasteiger partial charge in [-0.25, -0.2) is 14.4 Å². The van der Waals surface area contributed by atoms with Gasteiger partial charge in [-0.3, -0.25) is 0 Å². The van der Waals surface area contributed by atoms with E-state index < -0.39 is 18.2 Å². The van der Waals surface area contributed by atoms with Crippen LogP contribution in [0, 0.1) is 0 Å². The summed E-state index contributed by atoms with van der Waals surface area (Å²) in [7, 11) is 0. The third-order valence-corrected chi connectivity index (χ3v) is 6.89. The maximum absolute atomic E-state index is 12.8. The lowest BCUT2D eigenvalue weighted by atomic mass is 10.0. The molecule has 0 spiro atoms. The maximum Gasteiger partial charge on any atom is 0.410 e. The molecule has 2 heterocycles. The molecule has 4 rings (SSSR count). The lowest BCUT2D eigenvalue weighted by Gasteiger charge is -2.37. The highest BCUT2D eigenvalue weighted by atomic mass is 79.9. The molecule has 0 aliphatic carbocycles. The number of carboxylic acid groups (broad SMARTS) is 1. The summed E-state index contributed by atoms with van der Waals surface area (Å²) in [5.74, 6) is -1.20. The fourth-order valence-corrected chi connectivity index (χ4v) is 4.79. The first-order chi connectivity index (χ1) is 16.3. The zero-order valence-corrected chi connectivity index (χ0v) is 20.0. The van der Waals surface area contributed by atoms with Crippen LogP contribution >= 0.6 is 15.9 Å². The second-order valence-corrected chi connectivity index (χ2v) is 9.30. The number of hydrogen-bond acceptors (Lipinski definition) is 5. The van der Waals surface area contributed by atoms with Crippen LogP contribution in [0.2, 0.25) is 0 Å². The van der Waals surface area contributed by atoms with Crippen LogP contribution in [0.5, 0.6) is 5.75 Å². The summed E-state index contributed by atoms with van der Waals surface area (Å²) in [4.78, 5) is 40.4.